The smallest absolute Gasteiger partial charge is 0.0174 e. The lowest BCUT2D eigenvalue weighted by Gasteiger charge is -2.14. The molecule has 0 saturated carbocycles. The van der Waals surface area contributed by atoms with Gasteiger partial charge in [0, 0.05) is 12.1 Å². The molecule has 0 rings (SSSR count). The van der Waals surface area contributed by atoms with Gasteiger partial charge in [0.05, 0.1) is 0 Å². The van der Waals surface area contributed by atoms with Crippen molar-refractivity contribution < 1.29 is 0 Å². The van der Waals surface area contributed by atoms with E-state index in [1.165, 1.54) is 0 Å². The summed E-state index contributed by atoms with van der Waals surface area (Å²) in [5.74, 6) is 0. The molecule has 0 unspecified atom stereocenters. The number of rotatable bonds is 4. The van der Waals surface area contributed by atoms with Crippen LogP contribution in [-0.4, -0.2) is 24.5 Å². The second-order valence-electron chi connectivity index (χ2n) is 1.85. The molecule has 0 spiro atoms. The van der Waals surface area contributed by atoms with E-state index in [1.807, 2.05) is 6.08 Å². The van der Waals surface area contributed by atoms with E-state index in [4.69, 9.17) is 11.6 Å². The molecule has 0 N–H and O–H groups in total. The maximum atomic E-state index is 5.35. The van der Waals surface area contributed by atoms with Crippen LogP contribution < -0.4 is 0 Å². The van der Waals surface area contributed by atoms with Gasteiger partial charge in [0.15, 0.2) is 0 Å². The predicted octanol–water partition coefficient (Wildman–Crippen LogP) is 2.08. The highest BCUT2D eigenvalue weighted by molar-refractivity contribution is 6.25. The lowest BCUT2D eigenvalue weighted by Crippen LogP contribution is -2.22. The van der Waals surface area contributed by atoms with Gasteiger partial charge in [0.25, 0.3) is 0 Å². The summed E-state index contributed by atoms with van der Waals surface area (Å²) in [5.41, 5.74) is 1.57. The lowest BCUT2D eigenvalue weighted by molar-refractivity contribution is 0.337. The third-order valence-corrected chi connectivity index (χ3v) is 1.53. The summed E-state index contributed by atoms with van der Waals surface area (Å²) in [6, 6.07) is 0. The zero-order valence-electron chi connectivity index (χ0n) is 6.10. The molecule has 0 amide bonds. The van der Waals surface area contributed by atoms with Crippen molar-refractivity contribution in [2.75, 3.05) is 19.6 Å². The van der Waals surface area contributed by atoms with Crippen LogP contribution in [0.2, 0.25) is 0 Å². The highest BCUT2D eigenvalue weighted by Gasteiger charge is 1.91. The first-order valence-corrected chi connectivity index (χ1v) is 3.76. The van der Waals surface area contributed by atoms with E-state index in [-0.39, 0.29) is 0 Å². The Morgan fingerprint density at radius 1 is 1.33 bits per heavy atom. The molecular weight excluding hydrogens is 134 g/mol. The fraction of sp³-hybridized carbons (Fsp3) is 0.714. The van der Waals surface area contributed by atoms with Gasteiger partial charge in [-0.3, -0.25) is 0 Å². The van der Waals surface area contributed by atoms with Crippen molar-refractivity contribution in [1.82, 2.24) is 4.90 Å². The van der Waals surface area contributed by atoms with Crippen LogP contribution in [0, 0.1) is 0 Å². The Morgan fingerprint density at radius 2 is 1.89 bits per heavy atom. The second kappa shape index (κ2) is 6.12. The quantitative estimate of drug-likeness (QED) is 0.589. The number of hydrogen-bond donors (Lipinski definition) is 0. The lowest BCUT2D eigenvalue weighted by atomic mass is 10.5. The topological polar surface area (TPSA) is 3.24 Å². The van der Waals surface area contributed by atoms with Crippen LogP contribution in [0.4, 0.5) is 0 Å². The Morgan fingerprint density at radius 3 is 2.22 bits per heavy atom. The first-order chi connectivity index (χ1) is 4.35. The first-order valence-electron chi connectivity index (χ1n) is 3.32. The summed E-state index contributed by atoms with van der Waals surface area (Å²) in [5, 5.41) is 0. The molecule has 0 aliphatic rings. The van der Waals surface area contributed by atoms with Gasteiger partial charge in [-0.2, -0.15) is 0 Å². The summed E-state index contributed by atoms with van der Waals surface area (Å²) in [7, 11) is 0. The molecule has 2 heteroatoms. The molecule has 54 valence electrons. The molecule has 0 aliphatic carbocycles. The predicted molar refractivity (Wildman–Crippen MR) is 42.8 cm³/mol. The summed E-state index contributed by atoms with van der Waals surface area (Å²) < 4.78 is 0. The number of hydrogen-bond acceptors (Lipinski definition) is 1. The van der Waals surface area contributed by atoms with Crippen molar-refractivity contribution in [3.05, 3.63) is 11.6 Å². The van der Waals surface area contributed by atoms with E-state index in [9.17, 15) is 0 Å². The molecule has 1 nitrogen and oxygen atoms in total. The van der Waals surface area contributed by atoms with Crippen LogP contribution in [0.15, 0.2) is 11.6 Å². The Labute approximate surface area is 62.3 Å². The zero-order valence-corrected chi connectivity index (χ0v) is 6.86. The van der Waals surface area contributed by atoms with Crippen LogP contribution in [0.1, 0.15) is 13.8 Å². The maximum Gasteiger partial charge on any atom is 0.0174 e. The summed E-state index contributed by atoms with van der Waals surface area (Å²) in [6.07, 6.45) is 1.95. The highest BCUT2D eigenvalue weighted by atomic mass is 35.5. The Kier molecular flexibility index (Phi) is 6.11. The van der Waals surface area contributed by atoms with E-state index >= 15 is 0 Å². The van der Waals surface area contributed by atoms with Crippen LogP contribution in [0.5, 0.6) is 0 Å². The van der Waals surface area contributed by atoms with E-state index in [0.717, 1.165) is 19.6 Å². The number of likely N-dealkylation sites (N-methyl/N-ethyl adjacent to an activating group) is 1. The summed E-state index contributed by atoms with van der Waals surface area (Å²) >= 11 is 5.35. The summed E-state index contributed by atoms with van der Waals surface area (Å²) in [6.45, 7) is 7.45. The third kappa shape index (κ3) is 4.49. The molecular formula is C7H14ClN. The monoisotopic (exact) mass is 147 g/mol. The molecule has 0 aromatic carbocycles. The minimum Gasteiger partial charge on any atom is -0.300 e. The molecule has 0 aromatic rings. The molecule has 0 saturated heterocycles. The molecule has 9 heavy (non-hydrogen) atoms. The van der Waals surface area contributed by atoms with Gasteiger partial charge in [0.1, 0.15) is 0 Å². The molecule has 0 heterocycles. The van der Waals surface area contributed by atoms with Gasteiger partial charge in [-0.05, 0) is 13.1 Å². The largest absolute Gasteiger partial charge is 0.300 e. The van der Waals surface area contributed by atoms with Crippen molar-refractivity contribution in [3.63, 3.8) is 0 Å². The van der Waals surface area contributed by atoms with Crippen molar-refractivity contribution in [1.29, 1.82) is 0 Å². The first kappa shape index (κ1) is 8.99. The zero-order chi connectivity index (χ0) is 7.11. The van der Waals surface area contributed by atoms with E-state index in [0.29, 0.717) is 0 Å². The van der Waals surface area contributed by atoms with E-state index in [1.54, 1.807) is 5.54 Å². The SMILES string of the molecule is CCN(CC)C/C=C/Cl. The fourth-order valence-electron chi connectivity index (χ4n) is 0.671. The third-order valence-electron chi connectivity index (χ3n) is 1.35. The standard InChI is InChI=1S/C7H14ClN/c1-3-9(4-2)7-5-6-8/h5-6H,3-4,7H2,1-2H3/b6-5+. The second-order valence-corrected chi connectivity index (χ2v) is 2.10. The van der Waals surface area contributed by atoms with E-state index < -0.39 is 0 Å². The van der Waals surface area contributed by atoms with Gasteiger partial charge in [-0.1, -0.05) is 31.5 Å². The van der Waals surface area contributed by atoms with Crippen molar-refractivity contribution >= 4 is 11.6 Å². The summed E-state index contributed by atoms with van der Waals surface area (Å²) in [4.78, 5) is 2.29. The highest BCUT2D eigenvalue weighted by Crippen LogP contribution is 1.87. The molecule has 0 fully saturated rings. The fourth-order valence-corrected chi connectivity index (χ4v) is 0.750. The molecule has 0 atom stereocenters. The average molecular weight is 148 g/mol. The van der Waals surface area contributed by atoms with Gasteiger partial charge in [-0.15, -0.1) is 0 Å². The molecule has 0 bridgehead atoms. The van der Waals surface area contributed by atoms with Crippen molar-refractivity contribution in [2.24, 2.45) is 0 Å². The van der Waals surface area contributed by atoms with Gasteiger partial charge in [-0.25, -0.2) is 0 Å². The van der Waals surface area contributed by atoms with Gasteiger partial charge < -0.3 is 4.90 Å². The minimum absolute atomic E-state index is 0.969. The number of nitrogens with zero attached hydrogens (tertiary/aromatic N) is 1. The van der Waals surface area contributed by atoms with Crippen LogP contribution in [0.25, 0.3) is 0 Å². The average Bonchev–Trinajstić information content (AvgIpc) is 1.91. The van der Waals surface area contributed by atoms with Gasteiger partial charge >= 0.3 is 0 Å². The maximum absolute atomic E-state index is 5.35. The number of halogens is 1. The molecule has 0 aromatic heterocycles. The van der Waals surface area contributed by atoms with E-state index in [2.05, 4.69) is 18.7 Å². The molecule has 0 radical (unpaired) electrons. The normalized spacial score (nSPS) is 11.6. The van der Waals surface area contributed by atoms with Crippen molar-refractivity contribution in [3.8, 4) is 0 Å². The van der Waals surface area contributed by atoms with Gasteiger partial charge in [0.2, 0.25) is 0 Å². The van der Waals surface area contributed by atoms with Crippen LogP contribution >= 0.6 is 11.6 Å². The van der Waals surface area contributed by atoms with Crippen LogP contribution in [-0.2, 0) is 0 Å². The van der Waals surface area contributed by atoms with Crippen molar-refractivity contribution in [2.45, 2.75) is 13.8 Å². The minimum atomic E-state index is 0.969. The molecule has 0 aliphatic heterocycles. The Hall–Kier alpha value is -0.0100. The van der Waals surface area contributed by atoms with Crippen LogP contribution in [0.3, 0.4) is 0 Å². The Balaban J connectivity index is 3.31. The Bertz CT molecular complexity index is 77.0.